The second-order valence-corrected chi connectivity index (χ2v) is 3.91. The largest absolute Gasteiger partial charge is 0.465 e. The minimum absolute atomic E-state index is 0.116. The van der Waals surface area contributed by atoms with Gasteiger partial charge < -0.3 is 14.8 Å². The zero-order valence-corrected chi connectivity index (χ0v) is 10.1. The molecule has 94 valence electrons. The molecule has 0 unspecified atom stereocenters. The third kappa shape index (κ3) is 2.43. The maximum absolute atomic E-state index is 11.7. The Morgan fingerprint density at radius 1 is 1.50 bits per heavy atom. The number of aliphatic hydroxyl groups excluding tert-OH is 1. The Morgan fingerprint density at radius 2 is 2.33 bits per heavy atom. The van der Waals surface area contributed by atoms with Gasteiger partial charge >= 0.3 is 5.97 Å². The molecule has 2 aromatic rings. The number of H-pyrrole nitrogens is 1. The van der Waals surface area contributed by atoms with Crippen molar-refractivity contribution in [3.8, 4) is 0 Å². The topological polar surface area (TPSA) is 62.3 Å². The smallest absolute Gasteiger partial charge is 0.338 e. The molecule has 0 aliphatic carbocycles. The lowest BCUT2D eigenvalue weighted by Crippen LogP contribution is -2.02. The van der Waals surface area contributed by atoms with E-state index in [1.54, 1.807) is 12.3 Å². The van der Waals surface area contributed by atoms with Gasteiger partial charge in [0.1, 0.15) is 0 Å². The molecule has 4 heteroatoms. The van der Waals surface area contributed by atoms with Crippen LogP contribution in [0.25, 0.3) is 17.0 Å². The van der Waals surface area contributed by atoms with Crippen molar-refractivity contribution in [1.29, 1.82) is 0 Å². The van der Waals surface area contributed by atoms with E-state index in [0.29, 0.717) is 12.0 Å². The van der Waals surface area contributed by atoms with Gasteiger partial charge in [0.25, 0.3) is 0 Å². The van der Waals surface area contributed by atoms with E-state index >= 15 is 0 Å². The summed E-state index contributed by atoms with van der Waals surface area (Å²) >= 11 is 0. The van der Waals surface area contributed by atoms with E-state index in [2.05, 4.69) is 4.98 Å². The van der Waals surface area contributed by atoms with Crippen molar-refractivity contribution in [2.75, 3.05) is 13.7 Å². The molecule has 1 aromatic heterocycles. The van der Waals surface area contributed by atoms with E-state index in [-0.39, 0.29) is 12.6 Å². The maximum Gasteiger partial charge on any atom is 0.338 e. The Labute approximate surface area is 105 Å². The van der Waals surface area contributed by atoms with E-state index in [4.69, 9.17) is 9.84 Å². The minimum atomic E-state index is -0.350. The lowest BCUT2D eigenvalue weighted by molar-refractivity contribution is 0.0603. The molecule has 1 aromatic carbocycles. The fourth-order valence-corrected chi connectivity index (χ4v) is 1.86. The van der Waals surface area contributed by atoms with Gasteiger partial charge in [-0.25, -0.2) is 4.79 Å². The van der Waals surface area contributed by atoms with Crippen LogP contribution in [0.15, 0.2) is 30.5 Å². The van der Waals surface area contributed by atoms with Crippen molar-refractivity contribution in [3.05, 3.63) is 41.6 Å². The van der Waals surface area contributed by atoms with Crippen molar-refractivity contribution in [3.63, 3.8) is 0 Å². The van der Waals surface area contributed by atoms with Gasteiger partial charge in [0.2, 0.25) is 0 Å². The van der Waals surface area contributed by atoms with Crippen molar-refractivity contribution in [1.82, 2.24) is 4.98 Å². The predicted octanol–water partition coefficient (Wildman–Crippen LogP) is 2.35. The number of esters is 1. The first-order chi connectivity index (χ1) is 8.76. The highest BCUT2D eigenvalue weighted by molar-refractivity contribution is 6.04. The molecule has 0 fully saturated rings. The van der Waals surface area contributed by atoms with E-state index in [1.165, 1.54) is 7.11 Å². The average molecular weight is 245 g/mol. The molecule has 0 aliphatic heterocycles. The van der Waals surface area contributed by atoms with Gasteiger partial charge in [-0.3, -0.25) is 0 Å². The third-order valence-corrected chi connectivity index (χ3v) is 2.70. The number of aromatic amines is 1. The Balaban J connectivity index is 2.47. The lowest BCUT2D eigenvalue weighted by atomic mass is 10.1. The molecule has 0 spiro atoms. The number of hydrogen-bond acceptors (Lipinski definition) is 3. The summed E-state index contributed by atoms with van der Waals surface area (Å²) in [6.07, 6.45) is 6.13. The molecule has 0 atom stereocenters. The molecule has 0 amide bonds. The Bertz CT molecular complexity index is 584. The molecule has 2 N–H and O–H groups in total. The maximum atomic E-state index is 11.7. The summed E-state index contributed by atoms with van der Waals surface area (Å²) in [5.74, 6) is -0.350. The summed E-state index contributed by atoms with van der Waals surface area (Å²) in [7, 11) is 1.37. The zero-order chi connectivity index (χ0) is 13.0. The van der Waals surface area contributed by atoms with Gasteiger partial charge in [0.15, 0.2) is 0 Å². The predicted molar refractivity (Wildman–Crippen MR) is 70.4 cm³/mol. The highest BCUT2D eigenvalue weighted by Crippen LogP contribution is 2.22. The van der Waals surface area contributed by atoms with Gasteiger partial charge in [-0.15, -0.1) is 0 Å². The first-order valence-electron chi connectivity index (χ1n) is 5.73. The van der Waals surface area contributed by atoms with Crippen LogP contribution in [-0.4, -0.2) is 29.8 Å². The lowest BCUT2D eigenvalue weighted by Gasteiger charge is -2.03. The number of benzene rings is 1. The number of methoxy groups -OCH3 is 1. The molecule has 0 radical (unpaired) electrons. The first-order valence-corrected chi connectivity index (χ1v) is 5.73. The molecule has 0 aliphatic rings. The number of carbonyl (C=O) groups excluding carboxylic acids is 1. The van der Waals surface area contributed by atoms with E-state index in [0.717, 1.165) is 16.5 Å². The first kappa shape index (κ1) is 12.4. The summed E-state index contributed by atoms with van der Waals surface area (Å²) in [6.45, 7) is 0.116. The molecule has 18 heavy (non-hydrogen) atoms. The van der Waals surface area contributed by atoms with Crippen LogP contribution in [0.2, 0.25) is 0 Å². The molecule has 0 bridgehead atoms. The van der Waals surface area contributed by atoms with Gasteiger partial charge in [-0.2, -0.15) is 0 Å². The summed E-state index contributed by atoms with van der Waals surface area (Å²) < 4.78 is 4.78. The number of fused-ring (bicyclic) bond motifs is 1. The van der Waals surface area contributed by atoms with Crippen LogP contribution < -0.4 is 0 Å². The normalized spacial score (nSPS) is 11.2. The summed E-state index contributed by atoms with van der Waals surface area (Å²) in [6, 6.07) is 5.59. The number of hydrogen-bond donors (Lipinski definition) is 2. The summed E-state index contributed by atoms with van der Waals surface area (Å²) in [5, 5.41) is 9.58. The number of nitrogens with one attached hydrogen (secondary N) is 1. The number of aliphatic hydroxyl groups is 1. The van der Waals surface area contributed by atoms with Crippen molar-refractivity contribution < 1.29 is 14.6 Å². The van der Waals surface area contributed by atoms with Crippen LogP contribution >= 0.6 is 0 Å². The van der Waals surface area contributed by atoms with Crippen LogP contribution in [0.5, 0.6) is 0 Å². The number of aromatic nitrogens is 1. The second-order valence-electron chi connectivity index (χ2n) is 3.91. The number of ether oxygens (including phenoxy) is 1. The van der Waals surface area contributed by atoms with E-state index < -0.39 is 0 Å². The molecule has 0 saturated carbocycles. The van der Waals surface area contributed by atoms with E-state index in [1.807, 2.05) is 24.3 Å². The third-order valence-electron chi connectivity index (χ3n) is 2.70. The molecule has 0 saturated heterocycles. The highest BCUT2D eigenvalue weighted by atomic mass is 16.5. The van der Waals surface area contributed by atoms with Crippen molar-refractivity contribution in [2.45, 2.75) is 6.42 Å². The van der Waals surface area contributed by atoms with Gasteiger partial charge in [-0.05, 0) is 30.2 Å². The Morgan fingerprint density at radius 3 is 3.06 bits per heavy atom. The van der Waals surface area contributed by atoms with Crippen LogP contribution in [0.4, 0.5) is 0 Å². The Kier molecular flexibility index (Phi) is 3.79. The van der Waals surface area contributed by atoms with Gasteiger partial charge in [0, 0.05) is 23.7 Å². The molecular formula is C14H15NO3. The SMILES string of the molecule is COC(=O)c1cc(C=CCCO)cc2[nH]ccc12. The van der Waals surface area contributed by atoms with Crippen LogP contribution in [0.1, 0.15) is 22.3 Å². The monoisotopic (exact) mass is 245 g/mol. The standard InChI is InChI=1S/C14H15NO3/c1-18-14(17)12-8-10(4-2-3-7-16)9-13-11(12)5-6-15-13/h2,4-6,8-9,15-16H,3,7H2,1H3. The van der Waals surface area contributed by atoms with Crippen LogP contribution in [0.3, 0.4) is 0 Å². The van der Waals surface area contributed by atoms with Gasteiger partial charge in [-0.1, -0.05) is 12.2 Å². The van der Waals surface area contributed by atoms with E-state index in [9.17, 15) is 4.79 Å². The summed E-state index contributed by atoms with van der Waals surface area (Å²) in [4.78, 5) is 14.8. The second kappa shape index (κ2) is 5.51. The highest BCUT2D eigenvalue weighted by Gasteiger charge is 2.11. The zero-order valence-electron chi connectivity index (χ0n) is 10.1. The number of carbonyl (C=O) groups is 1. The molecule has 1 heterocycles. The fourth-order valence-electron chi connectivity index (χ4n) is 1.86. The number of rotatable bonds is 4. The molecule has 2 rings (SSSR count). The minimum Gasteiger partial charge on any atom is -0.465 e. The molecular weight excluding hydrogens is 230 g/mol. The fraction of sp³-hybridized carbons (Fsp3) is 0.214. The molecule has 4 nitrogen and oxygen atoms in total. The van der Waals surface area contributed by atoms with Crippen molar-refractivity contribution >= 4 is 22.9 Å². The van der Waals surface area contributed by atoms with Crippen molar-refractivity contribution in [2.24, 2.45) is 0 Å². The quantitative estimate of drug-likeness (QED) is 0.813. The van der Waals surface area contributed by atoms with Crippen LogP contribution in [0, 0.1) is 0 Å². The summed E-state index contributed by atoms with van der Waals surface area (Å²) in [5.41, 5.74) is 2.33. The average Bonchev–Trinajstić information content (AvgIpc) is 2.85. The Hall–Kier alpha value is -2.07. The van der Waals surface area contributed by atoms with Gasteiger partial charge in [0.05, 0.1) is 12.7 Å². The van der Waals surface area contributed by atoms with Crippen LogP contribution in [-0.2, 0) is 4.74 Å².